The maximum absolute atomic E-state index is 14.0. The molecular weight excluding hydrogens is 381 g/mol. The number of urea groups is 1. The van der Waals surface area contributed by atoms with E-state index in [4.69, 9.17) is 0 Å². The van der Waals surface area contributed by atoms with E-state index in [1.165, 1.54) is 17.8 Å². The third-order valence-corrected chi connectivity index (χ3v) is 7.26. The Morgan fingerprint density at radius 2 is 2.11 bits per heavy atom. The fourth-order valence-electron chi connectivity index (χ4n) is 3.20. The third kappa shape index (κ3) is 3.53. The van der Waals surface area contributed by atoms with E-state index in [2.05, 4.69) is 10.3 Å². The molecule has 2 heterocycles. The molecule has 0 spiro atoms. The quantitative estimate of drug-likeness (QED) is 0.641. The zero-order chi connectivity index (χ0) is 19.0. The number of nitrogens with one attached hydrogen (secondary N) is 1. The fourth-order valence-corrected chi connectivity index (χ4v) is 5.40. The largest absolute Gasteiger partial charge is 0.331 e. The van der Waals surface area contributed by atoms with Gasteiger partial charge in [0.2, 0.25) is 0 Å². The van der Waals surface area contributed by atoms with Gasteiger partial charge in [-0.1, -0.05) is 24.3 Å². The number of nitrogens with zero attached hydrogens (tertiary/aromatic N) is 2. The Labute approximate surface area is 165 Å². The van der Waals surface area contributed by atoms with Crippen LogP contribution in [-0.4, -0.2) is 28.7 Å². The van der Waals surface area contributed by atoms with Crippen molar-refractivity contribution in [3.8, 4) is 0 Å². The Bertz CT molecular complexity index is 957. The van der Waals surface area contributed by atoms with Crippen LogP contribution in [-0.2, 0) is 0 Å². The monoisotopic (exact) mass is 401 g/mol. The Hall–Kier alpha value is -2.12. The van der Waals surface area contributed by atoms with Crippen molar-refractivity contribution >= 4 is 39.3 Å². The summed E-state index contributed by atoms with van der Waals surface area (Å²) in [7, 11) is 1.77. The predicted molar refractivity (Wildman–Crippen MR) is 109 cm³/mol. The summed E-state index contributed by atoms with van der Waals surface area (Å²) in [6.45, 7) is 1.97. The molecule has 2 aromatic carbocycles. The minimum absolute atomic E-state index is 0.146. The summed E-state index contributed by atoms with van der Waals surface area (Å²) in [6, 6.07) is 12.5. The zero-order valence-corrected chi connectivity index (χ0v) is 16.7. The highest BCUT2D eigenvalue weighted by atomic mass is 32.2. The number of hydrogen-bond donors (Lipinski definition) is 1. The standard InChI is InChI=1S/C20H20FN3OS2/c1-12(19-22-16-8-3-4-9-17(16)27-19)24(2)20(25)23-15-10-11-26-18-13(15)6-5-7-14(18)21/h3-9,12,15H,10-11H2,1-2H3,(H,23,25)/t12-,15-/m1/s1. The Balaban J connectivity index is 1.51. The van der Waals surface area contributed by atoms with Crippen LogP contribution in [0.4, 0.5) is 9.18 Å². The normalized spacial score (nSPS) is 17.4. The van der Waals surface area contributed by atoms with Gasteiger partial charge in [-0.15, -0.1) is 23.1 Å². The van der Waals surface area contributed by atoms with Crippen molar-refractivity contribution in [1.82, 2.24) is 15.2 Å². The van der Waals surface area contributed by atoms with Crippen molar-refractivity contribution in [2.24, 2.45) is 0 Å². The maximum atomic E-state index is 14.0. The van der Waals surface area contributed by atoms with Crippen LogP contribution in [0.3, 0.4) is 0 Å². The minimum atomic E-state index is -0.215. The number of amides is 2. The van der Waals surface area contributed by atoms with Gasteiger partial charge in [0.1, 0.15) is 10.8 Å². The van der Waals surface area contributed by atoms with Gasteiger partial charge in [-0.05, 0) is 37.1 Å². The van der Waals surface area contributed by atoms with Crippen LogP contribution in [0.25, 0.3) is 10.2 Å². The smallest absolute Gasteiger partial charge is 0.318 e. The van der Waals surface area contributed by atoms with E-state index < -0.39 is 0 Å². The number of carbonyl (C=O) groups excluding carboxylic acids is 1. The van der Waals surface area contributed by atoms with E-state index in [1.54, 1.807) is 29.4 Å². The minimum Gasteiger partial charge on any atom is -0.331 e. The van der Waals surface area contributed by atoms with Crippen LogP contribution in [0.15, 0.2) is 47.4 Å². The SMILES string of the molecule is C[C@H](c1nc2ccccc2s1)N(C)C(=O)N[C@@H]1CCSc2c(F)cccc21. The summed E-state index contributed by atoms with van der Waals surface area (Å²) in [5.74, 6) is 0.573. The first-order valence-electron chi connectivity index (χ1n) is 8.84. The van der Waals surface area contributed by atoms with Gasteiger partial charge in [-0.25, -0.2) is 14.2 Å². The van der Waals surface area contributed by atoms with Crippen molar-refractivity contribution in [3.05, 3.63) is 58.9 Å². The second-order valence-corrected chi connectivity index (χ2v) is 8.77. The summed E-state index contributed by atoms with van der Waals surface area (Å²) in [5.41, 5.74) is 1.81. The van der Waals surface area contributed by atoms with Crippen LogP contribution in [0, 0.1) is 5.82 Å². The summed E-state index contributed by atoms with van der Waals surface area (Å²) < 4.78 is 15.2. The van der Waals surface area contributed by atoms with Crippen molar-refractivity contribution in [3.63, 3.8) is 0 Å². The molecule has 4 nitrogen and oxygen atoms in total. The van der Waals surface area contributed by atoms with Gasteiger partial charge in [0.15, 0.2) is 0 Å². The number of hydrogen-bond acceptors (Lipinski definition) is 4. The molecule has 2 atom stereocenters. The number of halogens is 1. The van der Waals surface area contributed by atoms with Crippen molar-refractivity contribution < 1.29 is 9.18 Å². The molecular formula is C20H20FN3OS2. The van der Waals surface area contributed by atoms with Gasteiger partial charge in [0.25, 0.3) is 0 Å². The van der Waals surface area contributed by atoms with Crippen LogP contribution in [0.5, 0.6) is 0 Å². The average Bonchev–Trinajstić information content (AvgIpc) is 3.12. The van der Waals surface area contributed by atoms with Crippen molar-refractivity contribution in [2.75, 3.05) is 12.8 Å². The second kappa shape index (κ2) is 7.48. The highest BCUT2D eigenvalue weighted by Crippen LogP contribution is 2.38. The molecule has 1 aromatic heterocycles. The van der Waals surface area contributed by atoms with Gasteiger partial charge in [0.05, 0.1) is 22.3 Å². The molecule has 1 N–H and O–H groups in total. The van der Waals surface area contributed by atoms with E-state index in [-0.39, 0.29) is 23.9 Å². The zero-order valence-electron chi connectivity index (χ0n) is 15.1. The summed E-state index contributed by atoms with van der Waals surface area (Å²) >= 11 is 3.11. The van der Waals surface area contributed by atoms with Crippen LogP contribution >= 0.6 is 23.1 Å². The van der Waals surface area contributed by atoms with E-state index in [1.807, 2.05) is 37.3 Å². The molecule has 0 saturated carbocycles. The molecule has 0 aliphatic carbocycles. The highest BCUT2D eigenvalue weighted by molar-refractivity contribution is 7.99. The lowest BCUT2D eigenvalue weighted by molar-refractivity contribution is 0.189. The van der Waals surface area contributed by atoms with Gasteiger partial charge >= 0.3 is 6.03 Å². The fraction of sp³-hybridized carbons (Fsp3) is 0.300. The number of rotatable bonds is 3. The number of benzene rings is 2. The van der Waals surface area contributed by atoms with Gasteiger partial charge in [-0.2, -0.15) is 0 Å². The highest BCUT2D eigenvalue weighted by Gasteiger charge is 2.27. The summed E-state index contributed by atoms with van der Waals surface area (Å²) in [5, 5.41) is 3.97. The Kier molecular flexibility index (Phi) is 5.06. The second-order valence-electron chi connectivity index (χ2n) is 6.60. The van der Waals surface area contributed by atoms with Gasteiger partial charge in [-0.3, -0.25) is 0 Å². The molecule has 4 rings (SSSR count). The first kappa shape index (κ1) is 18.3. The number of carbonyl (C=O) groups is 1. The Morgan fingerprint density at radius 3 is 2.93 bits per heavy atom. The first-order valence-corrected chi connectivity index (χ1v) is 10.6. The number of aromatic nitrogens is 1. The number of thiazole rings is 1. The summed E-state index contributed by atoms with van der Waals surface area (Å²) in [6.07, 6.45) is 0.788. The van der Waals surface area contributed by atoms with E-state index in [9.17, 15) is 9.18 Å². The van der Waals surface area contributed by atoms with Gasteiger partial charge in [0, 0.05) is 17.7 Å². The average molecular weight is 402 g/mol. The third-order valence-electron chi connectivity index (χ3n) is 4.89. The molecule has 140 valence electrons. The lowest BCUT2D eigenvalue weighted by Crippen LogP contribution is -2.41. The molecule has 2 amide bonds. The molecule has 27 heavy (non-hydrogen) atoms. The lowest BCUT2D eigenvalue weighted by Gasteiger charge is -2.30. The molecule has 0 bridgehead atoms. The lowest BCUT2D eigenvalue weighted by atomic mass is 10.0. The number of fused-ring (bicyclic) bond motifs is 2. The number of thioether (sulfide) groups is 1. The first-order chi connectivity index (χ1) is 13.0. The van der Waals surface area contributed by atoms with Crippen molar-refractivity contribution in [1.29, 1.82) is 0 Å². The molecule has 0 saturated heterocycles. The molecule has 0 unspecified atom stereocenters. The molecule has 3 aromatic rings. The van der Waals surface area contributed by atoms with Crippen LogP contribution in [0.2, 0.25) is 0 Å². The van der Waals surface area contributed by atoms with Crippen molar-refractivity contribution in [2.45, 2.75) is 30.3 Å². The summed E-state index contributed by atoms with van der Waals surface area (Å²) in [4.78, 5) is 19.8. The molecule has 7 heteroatoms. The number of para-hydroxylation sites is 1. The molecule has 0 radical (unpaired) electrons. The topological polar surface area (TPSA) is 45.2 Å². The molecule has 1 aliphatic heterocycles. The van der Waals surface area contributed by atoms with Gasteiger partial charge < -0.3 is 10.2 Å². The van der Waals surface area contributed by atoms with E-state index >= 15 is 0 Å². The van der Waals surface area contributed by atoms with Crippen LogP contribution < -0.4 is 5.32 Å². The van der Waals surface area contributed by atoms with E-state index in [0.717, 1.165) is 33.0 Å². The van der Waals surface area contributed by atoms with E-state index in [0.29, 0.717) is 4.90 Å². The van der Waals surface area contributed by atoms with Crippen LogP contribution in [0.1, 0.15) is 36.0 Å². The molecule has 1 aliphatic rings. The molecule has 0 fully saturated rings. The predicted octanol–water partition coefficient (Wildman–Crippen LogP) is 5.37. The maximum Gasteiger partial charge on any atom is 0.318 e. The Morgan fingerprint density at radius 1 is 1.30 bits per heavy atom.